The maximum absolute atomic E-state index is 14.0. The van der Waals surface area contributed by atoms with Crippen LogP contribution in [0.3, 0.4) is 0 Å². The molecule has 29 heavy (non-hydrogen) atoms. The molecule has 1 heterocycles. The van der Waals surface area contributed by atoms with Crippen molar-refractivity contribution in [1.82, 2.24) is 14.9 Å². The molecule has 0 aliphatic heterocycles. The molecule has 0 radical (unpaired) electrons. The smallest absolute Gasteiger partial charge is 0.254 e. The summed E-state index contributed by atoms with van der Waals surface area (Å²) < 4.78 is 16.1. The van der Waals surface area contributed by atoms with Crippen LogP contribution in [-0.4, -0.2) is 15.5 Å². The van der Waals surface area contributed by atoms with E-state index in [0.717, 1.165) is 28.2 Å². The molecule has 0 fully saturated rings. The quantitative estimate of drug-likeness (QED) is 0.565. The Labute approximate surface area is 167 Å². The first-order valence-electron chi connectivity index (χ1n) is 9.09. The molecule has 142 valence electrons. The van der Waals surface area contributed by atoms with Crippen molar-refractivity contribution in [1.29, 1.82) is 5.26 Å². The Balaban J connectivity index is 1.45. The van der Waals surface area contributed by atoms with Crippen LogP contribution < -0.4 is 5.32 Å². The predicted molar refractivity (Wildman–Crippen MR) is 108 cm³/mol. The lowest BCUT2D eigenvalue weighted by Gasteiger charge is -2.09. The van der Waals surface area contributed by atoms with Crippen LogP contribution >= 0.6 is 0 Å². The largest absolute Gasteiger partial charge is 0.348 e. The second-order valence-electron chi connectivity index (χ2n) is 6.67. The molecule has 0 unspecified atom stereocenters. The van der Waals surface area contributed by atoms with E-state index < -0.39 is 11.7 Å². The van der Waals surface area contributed by atoms with Gasteiger partial charge in [-0.3, -0.25) is 4.79 Å². The third-order valence-electron chi connectivity index (χ3n) is 4.67. The molecule has 4 rings (SSSR count). The molecule has 1 amide bonds. The molecule has 5 nitrogen and oxygen atoms in total. The summed E-state index contributed by atoms with van der Waals surface area (Å²) in [5.41, 5.74) is 4.09. The van der Waals surface area contributed by atoms with Crippen LogP contribution in [0.4, 0.5) is 4.39 Å². The number of fused-ring (bicyclic) bond motifs is 1. The highest BCUT2D eigenvalue weighted by Gasteiger charge is 2.12. The zero-order chi connectivity index (χ0) is 20.2. The van der Waals surface area contributed by atoms with Gasteiger partial charge in [-0.1, -0.05) is 36.4 Å². The number of nitrogens with one attached hydrogen (secondary N) is 1. The predicted octanol–water partition coefficient (Wildman–Crippen LogP) is 4.03. The van der Waals surface area contributed by atoms with Gasteiger partial charge >= 0.3 is 0 Å². The first kappa shape index (κ1) is 18.4. The van der Waals surface area contributed by atoms with Gasteiger partial charge in [-0.05, 0) is 41.5 Å². The SMILES string of the molecule is N#Cc1ccc(C(=O)NCc2cccc(Cn3cnc4ccccc43)c2)c(F)c1. The van der Waals surface area contributed by atoms with E-state index in [1.54, 1.807) is 0 Å². The van der Waals surface area contributed by atoms with Crippen molar-refractivity contribution in [2.24, 2.45) is 0 Å². The topological polar surface area (TPSA) is 70.7 Å². The minimum absolute atomic E-state index is 0.0787. The minimum atomic E-state index is -0.706. The standard InChI is InChI=1S/C23H17FN4O/c24-20-11-16(12-25)8-9-19(20)23(29)26-13-17-4-3-5-18(10-17)14-28-15-27-21-6-1-2-7-22(21)28/h1-11,15H,13-14H2,(H,26,29). The molecule has 0 saturated heterocycles. The van der Waals surface area contributed by atoms with Crippen molar-refractivity contribution in [3.05, 3.63) is 101 Å². The van der Waals surface area contributed by atoms with E-state index in [0.29, 0.717) is 6.54 Å². The molecule has 1 N–H and O–H groups in total. The minimum Gasteiger partial charge on any atom is -0.348 e. The Morgan fingerprint density at radius 3 is 2.72 bits per heavy atom. The van der Waals surface area contributed by atoms with Crippen molar-refractivity contribution in [2.45, 2.75) is 13.1 Å². The molecule has 0 spiro atoms. The molecule has 4 aromatic rings. The van der Waals surface area contributed by atoms with Crippen molar-refractivity contribution in [3.63, 3.8) is 0 Å². The van der Waals surface area contributed by atoms with E-state index in [2.05, 4.69) is 14.9 Å². The fraction of sp³-hybridized carbons (Fsp3) is 0.0870. The number of para-hydroxylation sites is 2. The first-order valence-corrected chi connectivity index (χ1v) is 9.09. The summed E-state index contributed by atoms with van der Waals surface area (Å²) in [7, 11) is 0. The Morgan fingerprint density at radius 1 is 1.07 bits per heavy atom. The van der Waals surface area contributed by atoms with Crippen molar-refractivity contribution in [2.75, 3.05) is 0 Å². The lowest BCUT2D eigenvalue weighted by atomic mass is 10.1. The molecular formula is C23H17FN4O. The van der Waals surface area contributed by atoms with Crippen molar-refractivity contribution >= 4 is 16.9 Å². The molecule has 0 saturated carbocycles. The first-order chi connectivity index (χ1) is 14.1. The summed E-state index contributed by atoms with van der Waals surface area (Å²) in [5, 5.41) is 11.5. The highest BCUT2D eigenvalue weighted by Crippen LogP contribution is 2.15. The van der Waals surface area contributed by atoms with Gasteiger partial charge < -0.3 is 9.88 Å². The monoisotopic (exact) mass is 384 g/mol. The maximum Gasteiger partial charge on any atom is 0.254 e. The molecule has 0 aliphatic rings. The number of nitriles is 1. The van der Waals surface area contributed by atoms with Crippen LogP contribution in [0, 0.1) is 17.1 Å². The highest BCUT2D eigenvalue weighted by molar-refractivity contribution is 5.94. The molecular weight excluding hydrogens is 367 g/mol. The van der Waals surface area contributed by atoms with E-state index in [1.165, 1.54) is 12.1 Å². The molecule has 0 aliphatic carbocycles. The molecule has 0 atom stereocenters. The summed E-state index contributed by atoms with van der Waals surface area (Å²) in [6.07, 6.45) is 1.81. The van der Waals surface area contributed by atoms with Gasteiger partial charge in [-0.2, -0.15) is 5.26 Å². The van der Waals surface area contributed by atoms with Crippen LogP contribution in [-0.2, 0) is 13.1 Å². The third kappa shape index (κ3) is 3.99. The number of carbonyl (C=O) groups is 1. The third-order valence-corrected chi connectivity index (χ3v) is 4.67. The van der Waals surface area contributed by atoms with E-state index in [-0.39, 0.29) is 17.7 Å². The molecule has 1 aromatic heterocycles. The Bertz CT molecular complexity index is 1240. The van der Waals surface area contributed by atoms with E-state index in [4.69, 9.17) is 5.26 Å². The number of nitrogens with zero attached hydrogens (tertiary/aromatic N) is 3. The maximum atomic E-state index is 14.0. The van der Waals surface area contributed by atoms with Crippen molar-refractivity contribution < 1.29 is 9.18 Å². The zero-order valence-corrected chi connectivity index (χ0v) is 15.5. The Hall–Kier alpha value is -3.98. The fourth-order valence-corrected chi connectivity index (χ4v) is 3.22. The summed E-state index contributed by atoms with van der Waals surface area (Å²) in [6, 6.07) is 21.4. The molecule has 6 heteroatoms. The normalized spacial score (nSPS) is 10.6. The number of hydrogen-bond acceptors (Lipinski definition) is 3. The number of halogens is 1. The number of hydrogen-bond donors (Lipinski definition) is 1. The summed E-state index contributed by atoms with van der Waals surface area (Å²) >= 11 is 0. The molecule has 0 bridgehead atoms. The number of carbonyl (C=O) groups excluding carboxylic acids is 1. The zero-order valence-electron chi connectivity index (χ0n) is 15.5. The van der Waals surface area contributed by atoms with Gasteiger partial charge in [0.05, 0.1) is 34.6 Å². The van der Waals surface area contributed by atoms with Gasteiger partial charge in [0.15, 0.2) is 0 Å². The second kappa shape index (κ2) is 7.95. The van der Waals surface area contributed by atoms with Crippen LogP contribution in [0.1, 0.15) is 27.0 Å². The van der Waals surface area contributed by atoms with Gasteiger partial charge in [-0.25, -0.2) is 9.37 Å². The second-order valence-corrected chi connectivity index (χ2v) is 6.67. The van der Waals surface area contributed by atoms with Gasteiger partial charge in [0.25, 0.3) is 5.91 Å². The number of benzene rings is 3. The highest BCUT2D eigenvalue weighted by atomic mass is 19.1. The molecule has 3 aromatic carbocycles. The Kier molecular flexibility index (Phi) is 5.04. The van der Waals surface area contributed by atoms with Gasteiger partial charge in [0, 0.05) is 13.1 Å². The van der Waals surface area contributed by atoms with Gasteiger partial charge in [0.2, 0.25) is 0 Å². The summed E-state index contributed by atoms with van der Waals surface area (Å²) in [4.78, 5) is 16.7. The summed E-state index contributed by atoms with van der Waals surface area (Å²) in [5.74, 6) is -1.22. The number of aromatic nitrogens is 2. The van der Waals surface area contributed by atoms with Crippen LogP contribution in [0.15, 0.2) is 73.1 Å². The number of rotatable bonds is 5. The van der Waals surface area contributed by atoms with Crippen molar-refractivity contribution in [3.8, 4) is 6.07 Å². The lowest BCUT2D eigenvalue weighted by molar-refractivity contribution is 0.0947. The van der Waals surface area contributed by atoms with Gasteiger partial charge in [-0.15, -0.1) is 0 Å². The van der Waals surface area contributed by atoms with Crippen LogP contribution in [0.2, 0.25) is 0 Å². The average Bonchev–Trinajstić information content (AvgIpc) is 3.15. The van der Waals surface area contributed by atoms with E-state index in [9.17, 15) is 9.18 Å². The summed E-state index contributed by atoms with van der Waals surface area (Å²) in [6.45, 7) is 0.934. The Morgan fingerprint density at radius 2 is 1.90 bits per heavy atom. The van der Waals surface area contributed by atoms with E-state index in [1.807, 2.05) is 60.9 Å². The van der Waals surface area contributed by atoms with Crippen LogP contribution in [0.25, 0.3) is 11.0 Å². The van der Waals surface area contributed by atoms with E-state index >= 15 is 0 Å². The number of imidazole rings is 1. The lowest BCUT2D eigenvalue weighted by Crippen LogP contribution is -2.24. The van der Waals surface area contributed by atoms with Crippen LogP contribution in [0.5, 0.6) is 0 Å². The average molecular weight is 384 g/mol. The van der Waals surface area contributed by atoms with Gasteiger partial charge in [0.1, 0.15) is 5.82 Å². The fourth-order valence-electron chi connectivity index (χ4n) is 3.22. The number of amides is 1.